The maximum Gasteiger partial charge on any atom is 0.344 e. The first kappa shape index (κ1) is 16.9. The van der Waals surface area contributed by atoms with E-state index in [9.17, 15) is 19.7 Å². The van der Waals surface area contributed by atoms with Gasteiger partial charge >= 0.3 is 11.7 Å². The minimum Gasteiger partial charge on any atom is -0.475 e. The SMILES string of the molecule is N#CCCNC(=O)COC(=O)COc1ccccc1[N+](=O)[O-]. The van der Waals surface area contributed by atoms with Crippen molar-refractivity contribution < 1.29 is 24.0 Å². The van der Waals surface area contributed by atoms with Crippen LogP contribution in [0.4, 0.5) is 5.69 Å². The van der Waals surface area contributed by atoms with Crippen LogP contribution in [0.25, 0.3) is 0 Å². The van der Waals surface area contributed by atoms with E-state index >= 15 is 0 Å². The molecule has 0 fully saturated rings. The van der Waals surface area contributed by atoms with E-state index in [0.717, 1.165) is 0 Å². The van der Waals surface area contributed by atoms with Crippen molar-refractivity contribution in [2.75, 3.05) is 19.8 Å². The van der Waals surface area contributed by atoms with Gasteiger partial charge in [-0.15, -0.1) is 0 Å². The highest BCUT2D eigenvalue weighted by Crippen LogP contribution is 2.25. The Labute approximate surface area is 125 Å². The molecule has 0 saturated carbocycles. The zero-order valence-corrected chi connectivity index (χ0v) is 11.5. The van der Waals surface area contributed by atoms with Crippen LogP contribution in [-0.4, -0.2) is 36.6 Å². The van der Waals surface area contributed by atoms with E-state index in [1.54, 1.807) is 0 Å². The van der Waals surface area contributed by atoms with Crippen LogP contribution in [0, 0.1) is 21.4 Å². The first-order chi connectivity index (χ1) is 10.5. The summed E-state index contributed by atoms with van der Waals surface area (Å²) in [6.07, 6.45) is 0.153. The molecule has 0 aromatic heterocycles. The van der Waals surface area contributed by atoms with Crippen LogP contribution in [0.1, 0.15) is 6.42 Å². The van der Waals surface area contributed by atoms with E-state index in [4.69, 9.17) is 10.00 Å². The molecule has 0 aliphatic rings. The number of nitrogens with zero attached hydrogens (tertiary/aromatic N) is 2. The van der Waals surface area contributed by atoms with Crippen molar-refractivity contribution >= 4 is 17.6 Å². The first-order valence-corrected chi connectivity index (χ1v) is 6.20. The lowest BCUT2D eigenvalue weighted by molar-refractivity contribution is -0.385. The normalized spacial score (nSPS) is 9.41. The molecule has 1 aromatic carbocycles. The molecular formula is C13H13N3O6. The van der Waals surface area contributed by atoms with Gasteiger partial charge in [0.2, 0.25) is 0 Å². The fourth-order valence-electron chi connectivity index (χ4n) is 1.36. The molecule has 0 atom stereocenters. The van der Waals surface area contributed by atoms with Gasteiger partial charge in [0.1, 0.15) is 0 Å². The topological polar surface area (TPSA) is 132 Å². The molecule has 22 heavy (non-hydrogen) atoms. The van der Waals surface area contributed by atoms with Gasteiger partial charge in [-0.2, -0.15) is 5.26 Å². The van der Waals surface area contributed by atoms with Crippen molar-refractivity contribution in [2.24, 2.45) is 0 Å². The summed E-state index contributed by atoms with van der Waals surface area (Å²) in [7, 11) is 0. The predicted molar refractivity (Wildman–Crippen MR) is 72.8 cm³/mol. The molecule has 0 spiro atoms. The average Bonchev–Trinajstić information content (AvgIpc) is 2.51. The Hall–Kier alpha value is -3.15. The molecule has 1 rings (SSSR count). The van der Waals surface area contributed by atoms with Gasteiger partial charge in [-0.3, -0.25) is 14.9 Å². The van der Waals surface area contributed by atoms with Gasteiger partial charge in [-0.25, -0.2) is 4.79 Å². The second kappa shape index (κ2) is 8.91. The highest BCUT2D eigenvalue weighted by Gasteiger charge is 2.15. The maximum atomic E-state index is 11.4. The molecule has 0 saturated heterocycles. The van der Waals surface area contributed by atoms with Crippen LogP contribution in [0.3, 0.4) is 0 Å². The smallest absolute Gasteiger partial charge is 0.344 e. The van der Waals surface area contributed by atoms with Gasteiger partial charge in [-0.05, 0) is 6.07 Å². The third-order valence-electron chi connectivity index (χ3n) is 2.33. The van der Waals surface area contributed by atoms with Crippen LogP contribution in [0.15, 0.2) is 24.3 Å². The fraction of sp³-hybridized carbons (Fsp3) is 0.308. The van der Waals surface area contributed by atoms with Gasteiger partial charge < -0.3 is 14.8 Å². The molecule has 0 unspecified atom stereocenters. The molecule has 116 valence electrons. The molecule has 1 aromatic rings. The van der Waals surface area contributed by atoms with Crippen molar-refractivity contribution in [3.8, 4) is 11.8 Å². The molecule has 1 amide bonds. The summed E-state index contributed by atoms with van der Waals surface area (Å²) in [5.74, 6) is -1.45. The van der Waals surface area contributed by atoms with Gasteiger partial charge in [0, 0.05) is 12.6 Å². The fourth-order valence-corrected chi connectivity index (χ4v) is 1.36. The molecule has 0 aliphatic carbocycles. The molecule has 0 bridgehead atoms. The number of esters is 1. The summed E-state index contributed by atoms with van der Waals surface area (Å²) in [6.45, 7) is -0.902. The van der Waals surface area contributed by atoms with Crippen LogP contribution < -0.4 is 10.1 Å². The largest absolute Gasteiger partial charge is 0.475 e. The number of ether oxygens (including phenoxy) is 2. The highest BCUT2D eigenvalue weighted by atomic mass is 16.6. The molecular weight excluding hydrogens is 294 g/mol. The summed E-state index contributed by atoms with van der Waals surface area (Å²) in [6, 6.07) is 7.42. The predicted octanol–water partition coefficient (Wildman–Crippen LogP) is 0.547. The van der Waals surface area contributed by atoms with E-state index in [2.05, 4.69) is 10.1 Å². The lowest BCUT2D eigenvalue weighted by Crippen LogP contribution is -2.30. The van der Waals surface area contributed by atoms with Crippen molar-refractivity contribution in [1.29, 1.82) is 5.26 Å². The Morgan fingerprint density at radius 2 is 2.05 bits per heavy atom. The lowest BCUT2D eigenvalue weighted by atomic mass is 10.3. The number of carbonyl (C=O) groups is 2. The quantitative estimate of drug-likeness (QED) is 0.321. The number of para-hydroxylation sites is 2. The zero-order valence-electron chi connectivity index (χ0n) is 11.5. The Balaban J connectivity index is 2.36. The summed E-state index contributed by atoms with van der Waals surface area (Å²) in [4.78, 5) is 32.7. The number of nitro benzene ring substituents is 1. The maximum absolute atomic E-state index is 11.4. The summed E-state index contributed by atoms with van der Waals surface area (Å²) >= 11 is 0. The number of amides is 1. The Kier molecular flexibility index (Phi) is 6.85. The number of benzene rings is 1. The van der Waals surface area contributed by atoms with Crippen molar-refractivity contribution in [3.05, 3.63) is 34.4 Å². The summed E-state index contributed by atoms with van der Waals surface area (Å²) < 4.78 is 9.63. The molecule has 0 radical (unpaired) electrons. The van der Waals surface area contributed by atoms with E-state index in [1.807, 2.05) is 6.07 Å². The van der Waals surface area contributed by atoms with Crippen molar-refractivity contribution in [1.82, 2.24) is 5.32 Å². The van der Waals surface area contributed by atoms with E-state index in [0.29, 0.717) is 0 Å². The summed E-state index contributed by atoms with van der Waals surface area (Å²) in [5, 5.41) is 21.4. The number of nitro groups is 1. The van der Waals surface area contributed by atoms with Gasteiger partial charge in [0.05, 0.1) is 17.4 Å². The third kappa shape index (κ3) is 5.87. The van der Waals surface area contributed by atoms with Crippen LogP contribution >= 0.6 is 0 Å². The van der Waals surface area contributed by atoms with Gasteiger partial charge in [0.25, 0.3) is 5.91 Å². The third-order valence-corrected chi connectivity index (χ3v) is 2.33. The number of hydrogen-bond donors (Lipinski definition) is 1. The van der Waals surface area contributed by atoms with Gasteiger partial charge in [-0.1, -0.05) is 12.1 Å². The number of nitriles is 1. The molecule has 9 nitrogen and oxygen atoms in total. The minimum absolute atomic E-state index is 0.0667. The Morgan fingerprint density at radius 3 is 2.73 bits per heavy atom. The number of nitrogens with one attached hydrogen (secondary N) is 1. The van der Waals surface area contributed by atoms with Gasteiger partial charge in [0.15, 0.2) is 19.0 Å². The van der Waals surface area contributed by atoms with Crippen molar-refractivity contribution in [2.45, 2.75) is 6.42 Å². The zero-order chi connectivity index (χ0) is 16.4. The van der Waals surface area contributed by atoms with Crippen LogP contribution in [0.5, 0.6) is 5.75 Å². The number of rotatable bonds is 8. The molecule has 9 heteroatoms. The second-order valence-corrected chi connectivity index (χ2v) is 3.93. The first-order valence-electron chi connectivity index (χ1n) is 6.20. The van der Waals surface area contributed by atoms with Crippen LogP contribution in [-0.2, 0) is 14.3 Å². The Morgan fingerprint density at radius 1 is 1.32 bits per heavy atom. The second-order valence-electron chi connectivity index (χ2n) is 3.93. The molecule has 0 aliphatic heterocycles. The standard InChI is InChI=1S/C13H13N3O6/c14-6-3-7-15-12(17)8-22-13(18)9-21-11-5-2-1-4-10(11)16(19)20/h1-2,4-5H,3,7-9H2,(H,15,17). The Bertz CT molecular complexity index is 596. The lowest BCUT2D eigenvalue weighted by Gasteiger charge is -2.07. The minimum atomic E-state index is -0.839. The monoisotopic (exact) mass is 307 g/mol. The molecule has 0 heterocycles. The van der Waals surface area contributed by atoms with E-state index < -0.39 is 30.0 Å². The summed E-state index contributed by atoms with van der Waals surface area (Å²) in [5.41, 5.74) is -0.274. The van der Waals surface area contributed by atoms with Crippen LogP contribution in [0.2, 0.25) is 0 Å². The number of hydrogen-bond acceptors (Lipinski definition) is 7. The highest BCUT2D eigenvalue weighted by molar-refractivity contribution is 5.80. The van der Waals surface area contributed by atoms with E-state index in [1.165, 1.54) is 24.3 Å². The van der Waals surface area contributed by atoms with Crippen molar-refractivity contribution in [3.63, 3.8) is 0 Å². The average molecular weight is 307 g/mol. The van der Waals surface area contributed by atoms with E-state index in [-0.39, 0.29) is 24.4 Å². The molecule has 1 N–H and O–H groups in total. The number of carbonyl (C=O) groups excluding carboxylic acids is 2.